The van der Waals surface area contributed by atoms with Crippen molar-refractivity contribution in [1.82, 2.24) is 15.0 Å². The van der Waals surface area contributed by atoms with Crippen LogP contribution in [0.5, 0.6) is 0 Å². The number of nitrogens with zero attached hydrogens (tertiary/aromatic N) is 3. The van der Waals surface area contributed by atoms with E-state index in [1.54, 1.807) is 0 Å². The molecule has 0 spiro atoms. The molecular formula is C22H20N4O2S. The second-order valence-corrected chi connectivity index (χ2v) is 7.85. The third-order valence-electron chi connectivity index (χ3n) is 4.71. The molecule has 1 amide bonds. The van der Waals surface area contributed by atoms with Crippen molar-refractivity contribution in [3.8, 4) is 10.4 Å². The van der Waals surface area contributed by atoms with Gasteiger partial charge in [-0.05, 0) is 42.7 Å². The van der Waals surface area contributed by atoms with Gasteiger partial charge in [0.25, 0.3) is 5.56 Å². The van der Waals surface area contributed by atoms with Crippen molar-refractivity contribution >= 4 is 33.1 Å². The number of carbonyl (C=O) groups excluding carboxylic acids is 1. The summed E-state index contributed by atoms with van der Waals surface area (Å²) < 4.78 is 1.19. The summed E-state index contributed by atoms with van der Waals surface area (Å²) in [5.74, 6) is -0.285. The van der Waals surface area contributed by atoms with Crippen LogP contribution in [-0.4, -0.2) is 20.9 Å². The lowest BCUT2D eigenvalue weighted by Gasteiger charge is -2.16. The molecule has 146 valence electrons. The van der Waals surface area contributed by atoms with Crippen LogP contribution in [0.3, 0.4) is 0 Å². The molecule has 1 atom stereocenters. The summed E-state index contributed by atoms with van der Waals surface area (Å²) >= 11 is 1.42. The number of carbonyl (C=O) groups is 1. The molecule has 2 aromatic carbocycles. The Morgan fingerprint density at radius 2 is 1.93 bits per heavy atom. The zero-order valence-corrected chi connectivity index (χ0v) is 16.9. The van der Waals surface area contributed by atoms with Crippen molar-refractivity contribution < 1.29 is 4.79 Å². The molecule has 4 aromatic rings. The van der Waals surface area contributed by atoms with Crippen molar-refractivity contribution in [2.24, 2.45) is 0 Å². The van der Waals surface area contributed by atoms with Gasteiger partial charge >= 0.3 is 0 Å². The van der Waals surface area contributed by atoms with Crippen molar-refractivity contribution in [2.75, 3.05) is 5.32 Å². The predicted molar refractivity (Wildman–Crippen MR) is 116 cm³/mol. The molecule has 2 aromatic heterocycles. The van der Waals surface area contributed by atoms with Gasteiger partial charge in [-0.3, -0.25) is 9.59 Å². The number of aromatic nitrogens is 3. The largest absolute Gasteiger partial charge is 0.324 e. The lowest BCUT2D eigenvalue weighted by molar-refractivity contribution is -0.119. The highest BCUT2D eigenvalue weighted by atomic mass is 32.1. The zero-order chi connectivity index (χ0) is 20.4. The van der Waals surface area contributed by atoms with Crippen molar-refractivity contribution in [3.63, 3.8) is 0 Å². The number of nitrogens with one attached hydrogen (secondary N) is 1. The van der Waals surface area contributed by atoms with Crippen LogP contribution in [0.15, 0.2) is 65.5 Å². The summed E-state index contributed by atoms with van der Waals surface area (Å²) in [4.78, 5) is 27.4. The van der Waals surface area contributed by atoms with E-state index >= 15 is 0 Å². The Morgan fingerprint density at radius 1 is 1.14 bits per heavy atom. The fraction of sp³-hybridized carbons (Fsp3) is 0.182. The van der Waals surface area contributed by atoms with Crippen molar-refractivity contribution in [1.29, 1.82) is 0 Å². The van der Waals surface area contributed by atoms with E-state index in [0.29, 0.717) is 22.3 Å². The first-order valence-corrected chi connectivity index (χ1v) is 10.2. The normalized spacial score (nSPS) is 12.1. The summed E-state index contributed by atoms with van der Waals surface area (Å²) in [6, 6.07) is 18.4. The minimum atomic E-state index is -0.736. The van der Waals surface area contributed by atoms with Crippen LogP contribution in [0.1, 0.15) is 24.9 Å². The smallest absolute Gasteiger partial charge is 0.279 e. The van der Waals surface area contributed by atoms with Crippen LogP contribution in [0, 0.1) is 6.92 Å². The first-order chi connectivity index (χ1) is 14.1. The number of benzene rings is 2. The summed E-state index contributed by atoms with van der Waals surface area (Å²) in [5, 5.41) is 11.6. The van der Waals surface area contributed by atoms with Crippen LogP contribution >= 0.6 is 11.3 Å². The van der Waals surface area contributed by atoms with Gasteiger partial charge in [-0.1, -0.05) is 54.6 Å². The van der Waals surface area contributed by atoms with Crippen LogP contribution in [0.25, 0.3) is 20.7 Å². The molecule has 4 rings (SSSR count). The quantitative estimate of drug-likeness (QED) is 0.534. The Bertz CT molecular complexity index is 1230. The van der Waals surface area contributed by atoms with E-state index in [4.69, 9.17) is 0 Å². The van der Waals surface area contributed by atoms with Gasteiger partial charge in [0, 0.05) is 10.6 Å². The van der Waals surface area contributed by atoms with Gasteiger partial charge in [-0.25, -0.2) is 0 Å². The Balaban J connectivity index is 1.69. The Hall–Kier alpha value is -3.32. The van der Waals surface area contributed by atoms with E-state index in [0.717, 1.165) is 16.0 Å². The lowest BCUT2D eigenvalue weighted by Crippen LogP contribution is -2.35. The number of hydrogen-bond donors (Lipinski definition) is 1. The summed E-state index contributed by atoms with van der Waals surface area (Å²) in [6.45, 7) is 3.81. The minimum Gasteiger partial charge on any atom is -0.324 e. The van der Waals surface area contributed by atoms with Crippen LogP contribution in [0.4, 0.5) is 5.69 Å². The Labute approximate surface area is 171 Å². The Morgan fingerprint density at radius 3 is 2.66 bits per heavy atom. The number of anilines is 1. The lowest BCUT2D eigenvalue weighted by atomic mass is 10.1. The van der Waals surface area contributed by atoms with E-state index in [1.807, 2.05) is 74.5 Å². The maximum atomic E-state index is 13.1. The van der Waals surface area contributed by atoms with Gasteiger partial charge in [0.1, 0.15) is 6.04 Å². The highest BCUT2D eigenvalue weighted by Gasteiger charge is 2.23. The number of aryl methyl sites for hydroxylation is 1. The van der Waals surface area contributed by atoms with Crippen LogP contribution < -0.4 is 10.9 Å². The highest BCUT2D eigenvalue weighted by molar-refractivity contribution is 7.21. The first-order valence-electron chi connectivity index (χ1n) is 9.39. The fourth-order valence-corrected chi connectivity index (χ4v) is 4.20. The topological polar surface area (TPSA) is 76.9 Å². The number of fused-ring (bicyclic) bond motifs is 1. The molecule has 0 aliphatic carbocycles. The third-order valence-corrected chi connectivity index (χ3v) is 5.78. The number of hydrogen-bond acceptors (Lipinski definition) is 5. The highest BCUT2D eigenvalue weighted by Crippen LogP contribution is 2.30. The average Bonchev–Trinajstić information content (AvgIpc) is 3.16. The van der Waals surface area contributed by atoms with Crippen molar-refractivity contribution in [3.05, 3.63) is 76.6 Å². The summed E-state index contributed by atoms with van der Waals surface area (Å²) in [5.41, 5.74) is 2.45. The van der Waals surface area contributed by atoms with Gasteiger partial charge in [0.2, 0.25) is 5.91 Å². The van der Waals surface area contributed by atoms with Gasteiger partial charge in [0.05, 0.1) is 5.39 Å². The molecule has 0 bridgehead atoms. The Kier molecular flexibility index (Phi) is 5.22. The number of thiophene rings is 1. The van der Waals surface area contributed by atoms with E-state index in [-0.39, 0.29) is 11.5 Å². The second kappa shape index (κ2) is 7.97. The molecule has 29 heavy (non-hydrogen) atoms. The molecule has 0 aliphatic rings. The van der Waals surface area contributed by atoms with Crippen LogP contribution in [-0.2, 0) is 4.79 Å². The predicted octanol–water partition coefficient (Wildman–Crippen LogP) is 4.42. The molecule has 1 unspecified atom stereocenters. The van der Waals surface area contributed by atoms with Gasteiger partial charge in [-0.15, -0.1) is 16.4 Å². The monoisotopic (exact) mass is 404 g/mol. The maximum Gasteiger partial charge on any atom is 0.279 e. The molecule has 1 N–H and O–H groups in total. The number of rotatable bonds is 5. The van der Waals surface area contributed by atoms with Crippen molar-refractivity contribution in [2.45, 2.75) is 26.3 Å². The first kappa shape index (κ1) is 19.0. The minimum absolute atomic E-state index is 0.285. The van der Waals surface area contributed by atoms with Gasteiger partial charge in [-0.2, -0.15) is 4.68 Å². The molecule has 6 nitrogen and oxygen atoms in total. The maximum absolute atomic E-state index is 13.1. The molecule has 0 saturated carbocycles. The average molecular weight is 404 g/mol. The standard InChI is InChI=1S/C22H20N4O2S/c1-3-18(20(27)23-16-11-7-8-14(2)12-16)26-22(28)17-13-19(29-21(17)24-25-26)15-9-5-4-6-10-15/h4-13,18H,3H2,1-2H3,(H,23,27). The fourth-order valence-electron chi connectivity index (χ4n) is 3.23. The molecule has 0 aliphatic heterocycles. The summed E-state index contributed by atoms with van der Waals surface area (Å²) in [7, 11) is 0. The zero-order valence-electron chi connectivity index (χ0n) is 16.1. The van der Waals surface area contributed by atoms with Gasteiger partial charge < -0.3 is 5.32 Å². The van der Waals surface area contributed by atoms with E-state index in [2.05, 4.69) is 15.6 Å². The molecule has 0 fully saturated rings. The van der Waals surface area contributed by atoms with E-state index in [1.165, 1.54) is 16.0 Å². The van der Waals surface area contributed by atoms with E-state index in [9.17, 15) is 9.59 Å². The van der Waals surface area contributed by atoms with Gasteiger partial charge in [0.15, 0.2) is 4.83 Å². The molecule has 0 saturated heterocycles. The molecule has 7 heteroatoms. The second-order valence-electron chi connectivity index (χ2n) is 6.82. The molecular weight excluding hydrogens is 384 g/mol. The third kappa shape index (κ3) is 3.82. The molecule has 0 radical (unpaired) electrons. The summed E-state index contributed by atoms with van der Waals surface area (Å²) in [6.07, 6.45) is 0.424. The SMILES string of the molecule is CCC(C(=O)Nc1cccc(C)c1)n1nnc2sc(-c3ccccc3)cc2c1=O. The van der Waals surface area contributed by atoms with E-state index < -0.39 is 6.04 Å². The number of amides is 1. The molecule has 2 heterocycles. The van der Waals surface area contributed by atoms with Crippen LogP contribution in [0.2, 0.25) is 0 Å².